The van der Waals surface area contributed by atoms with Gasteiger partial charge in [-0.2, -0.15) is 10.2 Å². The maximum Gasteiger partial charge on any atom is 0.241 e. The molecule has 0 spiro atoms. The van der Waals surface area contributed by atoms with Gasteiger partial charge in [-0.1, -0.05) is 35.9 Å². The largest absolute Gasteiger partial charge is 0.280 e. The van der Waals surface area contributed by atoms with Gasteiger partial charge in [-0.25, -0.2) is 24.9 Å². The Morgan fingerprint density at radius 2 is 1.04 bits per heavy atom. The van der Waals surface area contributed by atoms with Crippen LogP contribution in [0.2, 0.25) is 5.15 Å². The molecule has 0 aliphatic carbocycles. The van der Waals surface area contributed by atoms with Crippen molar-refractivity contribution >= 4 is 46.2 Å². The van der Waals surface area contributed by atoms with Crippen LogP contribution in [0.3, 0.4) is 0 Å². The first-order valence-corrected chi connectivity index (χ1v) is 17.1. The predicted octanol–water partition coefficient (Wildman–Crippen LogP) is 7.96. The van der Waals surface area contributed by atoms with E-state index in [2.05, 4.69) is 35.1 Å². The van der Waals surface area contributed by atoms with Gasteiger partial charge >= 0.3 is 0 Å². The van der Waals surface area contributed by atoms with Gasteiger partial charge in [0, 0.05) is 41.6 Å². The third-order valence-corrected chi connectivity index (χ3v) is 9.71. The average Bonchev–Trinajstić information content (AvgIpc) is 3.45. The quantitative estimate of drug-likeness (QED) is 0.167. The SMILES string of the molecule is Cc1cc(N2C(=O)C(C)(C)c3ccc(-c4cnc(C)nc4)cc32)cc(Cl)n1.Cc1ncc(-c2ccc3c(c2)N(c2ccnnc2)C(=O)C3(C)C)cn1. The first kappa shape index (κ1) is 34.5. The number of pyridine rings is 1. The fourth-order valence-electron chi connectivity index (χ4n) is 6.61. The second kappa shape index (κ2) is 13.0. The van der Waals surface area contributed by atoms with Gasteiger partial charge in [-0.3, -0.25) is 19.4 Å². The first-order valence-electron chi connectivity index (χ1n) is 16.7. The van der Waals surface area contributed by atoms with Crippen LogP contribution >= 0.6 is 11.6 Å². The highest BCUT2D eigenvalue weighted by atomic mass is 35.5. The number of anilines is 4. The monoisotopic (exact) mass is 709 g/mol. The number of fused-ring (bicyclic) bond motifs is 2. The second-order valence-corrected chi connectivity index (χ2v) is 14.3. The number of halogens is 1. The van der Waals surface area contributed by atoms with E-state index in [0.717, 1.165) is 67.8 Å². The normalized spacial score (nSPS) is 15.2. The standard InChI is InChI=1S/C21H19ClN4O.C19H17N5O/c1-12-7-16(9-19(22)25-12)26-18-8-14(15-10-23-13(2)24-11-15)5-6-17(18)21(3,4)20(26)27;1-12-20-9-14(10-21-12)13-4-5-16-17(8-13)24(18(25)19(16,2)3)15-6-7-22-23-11-15/h5-11H,1-4H3;4-11H,1-3H3. The number of benzene rings is 2. The molecule has 0 N–H and O–H groups in total. The number of hydrogen-bond donors (Lipinski definition) is 0. The molecule has 0 bridgehead atoms. The molecule has 0 fully saturated rings. The van der Waals surface area contributed by atoms with Crippen molar-refractivity contribution in [3.63, 3.8) is 0 Å². The van der Waals surface area contributed by atoms with E-state index >= 15 is 0 Å². The minimum absolute atomic E-state index is 0.0106. The van der Waals surface area contributed by atoms with E-state index in [4.69, 9.17) is 11.6 Å². The number of aryl methyl sites for hydroxylation is 3. The third kappa shape index (κ3) is 6.06. The Morgan fingerprint density at radius 1 is 0.558 bits per heavy atom. The molecule has 52 heavy (non-hydrogen) atoms. The van der Waals surface area contributed by atoms with Crippen molar-refractivity contribution < 1.29 is 9.59 Å². The molecular weight excluding hydrogens is 674 g/mol. The zero-order chi connectivity index (χ0) is 36.9. The van der Waals surface area contributed by atoms with Gasteiger partial charge in [-0.15, -0.1) is 0 Å². The van der Waals surface area contributed by atoms with Crippen LogP contribution in [0, 0.1) is 20.8 Å². The summed E-state index contributed by atoms with van der Waals surface area (Å²) in [6, 6.07) is 17.4. The predicted molar refractivity (Wildman–Crippen MR) is 201 cm³/mol. The van der Waals surface area contributed by atoms with Crippen molar-refractivity contribution in [3.8, 4) is 22.3 Å². The van der Waals surface area contributed by atoms with Crippen molar-refractivity contribution in [2.24, 2.45) is 0 Å². The molecule has 2 amide bonds. The molecule has 0 radical (unpaired) electrons. The number of rotatable bonds is 4. The van der Waals surface area contributed by atoms with Crippen LogP contribution in [-0.2, 0) is 20.4 Å². The molecule has 0 saturated carbocycles. The van der Waals surface area contributed by atoms with Gasteiger partial charge in [0.15, 0.2) is 0 Å². The highest BCUT2D eigenvalue weighted by molar-refractivity contribution is 6.30. The molecule has 2 aliphatic rings. The summed E-state index contributed by atoms with van der Waals surface area (Å²) in [5, 5.41) is 8.08. The molecule has 0 saturated heterocycles. The van der Waals surface area contributed by atoms with E-state index in [-0.39, 0.29) is 11.8 Å². The minimum Gasteiger partial charge on any atom is -0.280 e. The molecule has 0 unspecified atom stereocenters. The maximum atomic E-state index is 13.2. The van der Waals surface area contributed by atoms with Crippen LogP contribution in [-0.4, -0.2) is 46.9 Å². The van der Waals surface area contributed by atoms with Gasteiger partial charge in [0.1, 0.15) is 16.8 Å². The summed E-state index contributed by atoms with van der Waals surface area (Å²) >= 11 is 6.15. The Kier molecular flexibility index (Phi) is 8.62. The van der Waals surface area contributed by atoms with Crippen LogP contribution in [0.25, 0.3) is 22.3 Å². The maximum absolute atomic E-state index is 13.2. The minimum atomic E-state index is -0.624. The van der Waals surface area contributed by atoms with E-state index < -0.39 is 10.8 Å². The number of hydrogen-bond acceptors (Lipinski definition) is 9. The lowest BCUT2D eigenvalue weighted by Gasteiger charge is -2.21. The summed E-state index contributed by atoms with van der Waals surface area (Å²) in [5.41, 5.74) is 8.42. The smallest absolute Gasteiger partial charge is 0.241 e. The van der Waals surface area contributed by atoms with Crippen molar-refractivity contribution in [1.29, 1.82) is 0 Å². The van der Waals surface area contributed by atoms with Crippen LogP contribution in [0.1, 0.15) is 56.2 Å². The third-order valence-electron chi connectivity index (χ3n) is 9.52. The number of carbonyl (C=O) groups excluding carboxylic acids is 2. The highest BCUT2D eigenvalue weighted by Crippen LogP contribution is 2.48. The van der Waals surface area contributed by atoms with E-state index in [1.165, 1.54) is 0 Å². The van der Waals surface area contributed by atoms with Gasteiger partial charge in [0.05, 0.1) is 46.0 Å². The lowest BCUT2D eigenvalue weighted by Crippen LogP contribution is -2.33. The molecule has 0 atom stereocenters. The summed E-state index contributed by atoms with van der Waals surface area (Å²) in [7, 11) is 0. The van der Waals surface area contributed by atoms with E-state index in [1.54, 1.807) is 59.1 Å². The Labute approximate surface area is 306 Å². The van der Waals surface area contributed by atoms with Gasteiger partial charge in [-0.05, 0) is 101 Å². The zero-order valence-electron chi connectivity index (χ0n) is 29.9. The number of nitrogens with zero attached hydrogens (tertiary/aromatic N) is 9. The molecule has 12 heteroatoms. The van der Waals surface area contributed by atoms with Gasteiger partial charge < -0.3 is 0 Å². The van der Waals surface area contributed by atoms with Crippen molar-refractivity contribution in [3.05, 3.63) is 125 Å². The highest BCUT2D eigenvalue weighted by Gasteiger charge is 2.46. The summed E-state index contributed by atoms with van der Waals surface area (Å²) < 4.78 is 0. The Balaban J connectivity index is 0.000000162. The Morgan fingerprint density at radius 3 is 1.48 bits per heavy atom. The molecular formula is C40H36ClN9O2. The molecule has 2 aliphatic heterocycles. The summed E-state index contributed by atoms with van der Waals surface area (Å²) in [5.74, 6) is 1.48. The van der Waals surface area contributed by atoms with Crippen molar-refractivity contribution in [2.75, 3.05) is 9.80 Å². The van der Waals surface area contributed by atoms with E-state index in [1.807, 2.05) is 90.9 Å². The lowest BCUT2D eigenvalue weighted by atomic mass is 9.85. The van der Waals surface area contributed by atoms with Crippen molar-refractivity contribution in [1.82, 2.24) is 35.1 Å². The van der Waals surface area contributed by atoms with E-state index in [0.29, 0.717) is 10.8 Å². The summed E-state index contributed by atoms with van der Waals surface area (Å²) in [6.07, 6.45) is 10.4. The Hall–Kier alpha value is -5.94. The first-order chi connectivity index (χ1) is 24.8. The molecule has 6 heterocycles. The summed E-state index contributed by atoms with van der Waals surface area (Å²) in [4.78, 5) is 51.0. The summed E-state index contributed by atoms with van der Waals surface area (Å²) in [6.45, 7) is 13.3. The van der Waals surface area contributed by atoms with E-state index in [9.17, 15) is 9.59 Å². The number of aromatic nitrogens is 7. The molecule has 8 rings (SSSR count). The number of amides is 2. The fourth-order valence-corrected chi connectivity index (χ4v) is 6.85. The molecule has 260 valence electrons. The van der Waals surface area contributed by atoms with Gasteiger partial charge in [0.25, 0.3) is 0 Å². The Bertz CT molecular complexity index is 2330. The van der Waals surface area contributed by atoms with Crippen LogP contribution in [0.5, 0.6) is 0 Å². The van der Waals surface area contributed by atoms with Crippen LogP contribution in [0.4, 0.5) is 22.7 Å². The lowest BCUT2D eigenvalue weighted by molar-refractivity contribution is -0.122. The molecule has 4 aromatic heterocycles. The second-order valence-electron chi connectivity index (χ2n) is 13.9. The topological polar surface area (TPSA) is 131 Å². The average molecular weight is 710 g/mol. The van der Waals surface area contributed by atoms with Crippen molar-refractivity contribution in [2.45, 2.75) is 59.3 Å². The fraction of sp³-hybridized carbons (Fsp3) is 0.225. The zero-order valence-corrected chi connectivity index (χ0v) is 30.6. The molecule has 2 aromatic carbocycles. The molecule has 11 nitrogen and oxygen atoms in total. The number of carbonyl (C=O) groups is 2. The van der Waals surface area contributed by atoms with Crippen LogP contribution in [0.15, 0.2) is 91.8 Å². The molecule has 6 aromatic rings. The van der Waals surface area contributed by atoms with Crippen LogP contribution < -0.4 is 9.80 Å². The van der Waals surface area contributed by atoms with Gasteiger partial charge in [0.2, 0.25) is 11.8 Å².